The van der Waals surface area contributed by atoms with Crippen LogP contribution in [0.3, 0.4) is 0 Å². The molecule has 18 nitrogen and oxygen atoms in total. The molecule has 0 fully saturated rings. The molecule has 23 heavy (non-hydrogen) atoms. The Balaban J connectivity index is -0.00000000720. The van der Waals surface area contributed by atoms with Crippen LogP contribution >= 0.6 is 0 Å². The van der Waals surface area contributed by atoms with Gasteiger partial charge in [0.1, 0.15) is 0 Å². The average Bonchev–Trinajstić information content (AvgIpc) is 1.76. The van der Waals surface area contributed by atoms with Crippen molar-refractivity contribution < 1.29 is 124 Å². The molecule has 0 spiro atoms. The molecule has 24 N–H and O–H groups in total. The first kappa shape index (κ1) is 76.1. The molecular formula is H25B4NaO18. The maximum absolute atomic E-state index is 7.17. The third-order valence-corrected chi connectivity index (χ3v) is 0. The molecule has 0 unspecified atom stereocenters. The van der Waals surface area contributed by atoms with E-state index in [-0.39, 0.29) is 63.8 Å². The van der Waals surface area contributed by atoms with Crippen LogP contribution in [0.1, 0.15) is 1.43 Å². The molecule has 0 bridgehead atoms. The van der Waals surface area contributed by atoms with Gasteiger partial charge in [-0.25, -0.2) is 0 Å². The van der Waals surface area contributed by atoms with E-state index in [2.05, 4.69) is 0 Å². The summed E-state index contributed by atoms with van der Waals surface area (Å²) < 4.78 is 0. The zero-order valence-corrected chi connectivity index (χ0v) is 13.7. The summed E-state index contributed by atoms with van der Waals surface area (Å²) in [5.41, 5.74) is 0. The van der Waals surface area contributed by atoms with Crippen molar-refractivity contribution >= 4 is 29.3 Å². The van der Waals surface area contributed by atoms with E-state index in [0.717, 1.165) is 0 Å². The van der Waals surface area contributed by atoms with Crippen LogP contribution in [0.15, 0.2) is 0 Å². The van der Waals surface area contributed by atoms with Gasteiger partial charge in [0.05, 0.1) is 0 Å². The van der Waals surface area contributed by atoms with E-state index in [1.165, 1.54) is 0 Å². The Morgan fingerprint density at radius 1 is 0.304 bits per heavy atom. The molecule has 146 valence electrons. The molecule has 0 aliphatic rings. The van der Waals surface area contributed by atoms with E-state index in [0.29, 0.717) is 0 Å². The quantitative estimate of drug-likeness (QED) is 0.174. The van der Waals surface area contributed by atoms with Crippen LogP contribution in [0.5, 0.6) is 0 Å². The van der Waals surface area contributed by atoms with Crippen molar-refractivity contribution in [1.82, 2.24) is 0 Å². The molecule has 0 saturated heterocycles. The van der Waals surface area contributed by atoms with Crippen molar-refractivity contribution in [2.75, 3.05) is 0 Å². The second-order valence-corrected chi connectivity index (χ2v) is 1.39. The molecule has 0 aromatic heterocycles. The number of rotatable bonds is 0. The summed E-state index contributed by atoms with van der Waals surface area (Å²) in [7, 11) is -8.67. The molecule has 0 aromatic rings. The van der Waals surface area contributed by atoms with Gasteiger partial charge < -0.3 is 94.6 Å². The second-order valence-electron chi connectivity index (χ2n) is 1.39. The molecule has 0 aromatic carbocycles. The van der Waals surface area contributed by atoms with Gasteiger partial charge in [-0.15, -0.1) is 0 Å². The van der Waals surface area contributed by atoms with E-state index in [1.807, 2.05) is 0 Å². The van der Waals surface area contributed by atoms with Crippen LogP contribution in [0, 0.1) is 0 Å². The predicted octanol–water partition coefficient (Wildman–Crippen LogP) is -16.0. The van der Waals surface area contributed by atoms with E-state index in [4.69, 9.17) is 60.3 Å². The van der Waals surface area contributed by atoms with Crippen molar-refractivity contribution in [3.05, 3.63) is 0 Å². The van der Waals surface area contributed by atoms with Crippen LogP contribution < -0.4 is 29.6 Å². The minimum atomic E-state index is -2.17. The monoisotopic (exact) mass is 380 g/mol. The summed E-state index contributed by atoms with van der Waals surface area (Å²) >= 11 is 0. The Kier molecular flexibility index (Phi) is 220. The van der Waals surface area contributed by atoms with Gasteiger partial charge in [0.2, 0.25) is 0 Å². The number of hydrogen-bond donors (Lipinski definition) is 12. The second kappa shape index (κ2) is 66.5. The molecule has 0 aliphatic carbocycles. The van der Waals surface area contributed by atoms with Gasteiger partial charge >= 0.3 is 58.8 Å². The first-order valence-electron chi connectivity index (χ1n) is 3.10. The Morgan fingerprint density at radius 2 is 0.304 bits per heavy atom. The Bertz CT molecular complexity index is 70.0. The van der Waals surface area contributed by atoms with Crippen LogP contribution in [-0.2, 0) is 0 Å². The Morgan fingerprint density at radius 3 is 0.304 bits per heavy atom. The largest absolute Gasteiger partial charge is 1.00 e. The summed E-state index contributed by atoms with van der Waals surface area (Å²) in [6.45, 7) is 0. The average molecular weight is 379 g/mol. The minimum Gasteiger partial charge on any atom is -1.00 e. The van der Waals surface area contributed by atoms with E-state index in [9.17, 15) is 0 Å². The van der Waals surface area contributed by atoms with Gasteiger partial charge in [-0.05, 0) is 0 Å². The Labute approximate surface area is 153 Å². The normalized spacial score (nSPS) is 4.70. The summed E-state index contributed by atoms with van der Waals surface area (Å²) in [6.07, 6.45) is 0. The summed E-state index contributed by atoms with van der Waals surface area (Å²) in [4.78, 5) is 0. The van der Waals surface area contributed by atoms with Crippen LogP contribution in [0.25, 0.3) is 0 Å². The fourth-order valence-electron chi connectivity index (χ4n) is 0. The third kappa shape index (κ3) is 32600. The van der Waals surface area contributed by atoms with Gasteiger partial charge in [0, 0.05) is 0 Å². The SMILES string of the molecule is O.O.O.O.O.O.OB(O)O.OB(O)O.OB(O)O.OB(O)O.[H-].[Na+]. The van der Waals surface area contributed by atoms with Crippen molar-refractivity contribution in [2.45, 2.75) is 0 Å². The van der Waals surface area contributed by atoms with Crippen molar-refractivity contribution in [2.24, 2.45) is 0 Å². The predicted molar refractivity (Wildman–Crippen MR) is 72.4 cm³/mol. The van der Waals surface area contributed by atoms with Crippen LogP contribution in [0.4, 0.5) is 0 Å². The van der Waals surface area contributed by atoms with Gasteiger partial charge in [-0.2, -0.15) is 0 Å². The summed E-state index contributed by atoms with van der Waals surface area (Å²) in [5.74, 6) is 0. The maximum atomic E-state index is 7.17. The zero-order chi connectivity index (χ0) is 14.3. The molecule has 0 amide bonds. The molecule has 0 heterocycles. The molecule has 0 radical (unpaired) electrons. The molecule has 0 atom stereocenters. The molecule has 0 saturated carbocycles. The molecule has 0 aliphatic heterocycles. The minimum absolute atomic E-state index is 0. The topological polar surface area (TPSA) is 432 Å². The maximum Gasteiger partial charge on any atom is 1.00 e. The smallest absolute Gasteiger partial charge is 1.00 e. The van der Waals surface area contributed by atoms with Crippen molar-refractivity contribution in [3.63, 3.8) is 0 Å². The van der Waals surface area contributed by atoms with E-state index < -0.39 is 29.3 Å². The third-order valence-electron chi connectivity index (χ3n) is 0. The van der Waals surface area contributed by atoms with E-state index >= 15 is 0 Å². The molecular weight excluding hydrogens is 354 g/mol. The summed E-state index contributed by atoms with van der Waals surface area (Å²) in [5, 5.41) is 86.0. The Hall–Kier alpha value is 0.540. The van der Waals surface area contributed by atoms with Crippen molar-refractivity contribution in [1.29, 1.82) is 0 Å². The molecule has 0 rings (SSSR count). The first-order chi connectivity index (χ1) is 6.93. The van der Waals surface area contributed by atoms with Crippen LogP contribution in [-0.4, -0.2) is 122 Å². The van der Waals surface area contributed by atoms with Gasteiger partial charge in [-0.1, -0.05) is 0 Å². The van der Waals surface area contributed by atoms with Gasteiger partial charge in [-0.3, -0.25) is 0 Å². The van der Waals surface area contributed by atoms with Crippen LogP contribution in [0.2, 0.25) is 0 Å². The van der Waals surface area contributed by atoms with Gasteiger partial charge in [0.25, 0.3) is 0 Å². The zero-order valence-electron chi connectivity index (χ0n) is 12.7. The van der Waals surface area contributed by atoms with E-state index in [1.54, 1.807) is 0 Å². The first-order valence-corrected chi connectivity index (χ1v) is 3.10. The van der Waals surface area contributed by atoms with Gasteiger partial charge in [0.15, 0.2) is 0 Å². The fourth-order valence-corrected chi connectivity index (χ4v) is 0. The van der Waals surface area contributed by atoms with Crippen molar-refractivity contribution in [3.8, 4) is 0 Å². The standard InChI is InChI=1S/4BH3O3.Na.6H2O.H/c4*2-1(3)4;;;;;;;;/h4*2-4H;;6*1H2;/q;;;;+1;;;;;;;-1. The molecule has 23 heteroatoms. The summed E-state index contributed by atoms with van der Waals surface area (Å²) in [6, 6.07) is 0. The fraction of sp³-hybridized carbons (Fsp3) is 0. The number of hydrogen-bond acceptors (Lipinski definition) is 12.